The van der Waals surface area contributed by atoms with Crippen LogP contribution in [0.15, 0.2) is 0 Å². The van der Waals surface area contributed by atoms with Crippen LogP contribution in [0.25, 0.3) is 0 Å². The Hall–Kier alpha value is -1.59. The Balaban J connectivity index is 1.63. The second-order valence-electron chi connectivity index (χ2n) is 5.52. The van der Waals surface area contributed by atoms with Gasteiger partial charge >= 0.3 is 0 Å². The van der Waals surface area contributed by atoms with E-state index in [1.165, 1.54) is 38.5 Å². The highest BCUT2D eigenvalue weighted by atomic mass is 15.3. The van der Waals surface area contributed by atoms with Crippen molar-refractivity contribution in [3.05, 3.63) is 0 Å². The molecule has 1 aromatic heterocycles. The van der Waals surface area contributed by atoms with E-state index in [-0.39, 0.29) is 0 Å². The number of hydrogen-bond acceptors (Lipinski definition) is 6. The summed E-state index contributed by atoms with van der Waals surface area (Å²) >= 11 is 0. The van der Waals surface area contributed by atoms with Crippen LogP contribution in [0.5, 0.6) is 0 Å². The average molecular weight is 262 g/mol. The molecular weight excluding hydrogens is 240 g/mol. The van der Waals surface area contributed by atoms with Crippen molar-refractivity contribution in [2.24, 2.45) is 5.92 Å². The first kappa shape index (κ1) is 12.4. The average Bonchev–Trinajstić information content (AvgIpc) is 3.23. The fourth-order valence-corrected chi connectivity index (χ4v) is 2.49. The topological polar surface area (TPSA) is 80.0 Å². The lowest BCUT2D eigenvalue weighted by Gasteiger charge is -2.26. The van der Waals surface area contributed by atoms with Gasteiger partial charge in [0.1, 0.15) is 0 Å². The molecule has 3 rings (SSSR count). The van der Waals surface area contributed by atoms with Crippen LogP contribution < -0.4 is 16.0 Å². The van der Waals surface area contributed by atoms with Gasteiger partial charge in [-0.15, -0.1) is 0 Å². The number of nitrogens with two attached hydrogens (primary N) is 1. The van der Waals surface area contributed by atoms with E-state index in [0.717, 1.165) is 31.5 Å². The third-order valence-corrected chi connectivity index (χ3v) is 3.81. The van der Waals surface area contributed by atoms with Crippen molar-refractivity contribution in [2.45, 2.75) is 38.5 Å². The highest BCUT2D eigenvalue weighted by Crippen LogP contribution is 2.32. The molecule has 6 heteroatoms. The van der Waals surface area contributed by atoms with Crippen molar-refractivity contribution in [2.75, 3.05) is 35.6 Å². The smallest absolute Gasteiger partial charge is 0.231 e. The normalized spacial score (nSPS) is 19.5. The molecule has 0 aromatic carbocycles. The molecule has 104 valence electrons. The molecule has 0 radical (unpaired) electrons. The quantitative estimate of drug-likeness (QED) is 0.840. The number of nitrogens with one attached hydrogen (secondary N) is 1. The van der Waals surface area contributed by atoms with E-state index in [9.17, 15) is 0 Å². The lowest BCUT2D eigenvalue weighted by molar-refractivity contribution is 0.568. The molecular formula is C13H22N6. The van der Waals surface area contributed by atoms with Crippen LogP contribution >= 0.6 is 0 Å². The number of nitrogen functional groups attached to an aromatic ring is 1. The maximum Gasteiger partial charge on any atom is 0.231 e. The minimum Gasteiger partial charge on any atom is -0.368 e. The lowest BCUT2D eigenvalue weighted by atomic mass is 10.1. The minimum absolute atomic E-state index is 0.310. The first-order valence-electron chi connectivity index (χ1n) is 7.31. The number of piperidine rings is 1. The second kappa shape index (κ2) is 5.59. The van der Waals surface area contributed by atoms with Gasteiger partial charge < -0.3 is 16.0 Å². The van der Waals surface area contributed by atoms with Crippen LogP contribution in [0, 0.1) is 5.92 Å². The molecule has 1 aliphatic carbocycles. The molecule has 6 nitrogen and oxygen atoms in total. The van der Waals surface area contributed by atoms with Gasteiger partial charge in [0, 0.05) is 19.6 Å². The zero-order chi connectivity index (χ0) is 13.1. The monoisotopic (exact) mass is 262 g/mol. The lowest BCUT2D eigenvalue weighted by Crippen LogP contribution is -2.31. The molecule has 0 bridgehead atoms. The Kier molecular flexibility index (Phi) is 3.66. The summed E-state index contributed by atoms with van der Waals surface area (Å²) in [5.74, 6) is 2.56. The molecule has 1 aromatic rings. The van der Waals surface area contributed by atoms with Crippen molar-refractivity contribution in [3.63, 3.8) is 0 Å². The number of nitrogens with zero attached hydrogens (tertiary/aromatic N) is 4. The summed E-state index contributed by atoms with van der Waals surface area (Å²) in [7, 11) is 0. The summed E-state index contributed by atoms with van der Waals surface area (Å²) in [4.78, 5) is 15.1. The SMILES string of the molecule is Nc1nc(NCCC2CC2)nc(N2CCCCC2)n1. The Labute approximate surface area is 113 Å². The van der Waals surface area contributed by atoms with E-state index in [0.29, 0.717) is 11.9 Å². The largest absolute Gasteiger partial charge is 0.368 e. The first-order chi connectivity index (χ1) is 9.31. The fourth-order valence-electron chi connectivity index (χ4n) is 2.49. The zero-order valence-corrected chi connectivity index (χ0v) is 11.3. The van der Waals surface area contributed by atoms with E-state index >= 15 is 0 Å². The zero-order valence-electron chi connectivity index (χ0n) is 11.3. The highest BCUT2D eigenvalue weighted by molar-refractivity contribution is 5.42. The molecule has 1 aliphatic heterocycles. The maximum atomic E-state index is 5.78. The maximum absolute atomic E-state index is 5.78. The van der Waals surface area contributed by atoms with Crippen molar-refractivity contribution < 1.29 is 0 Å². The predicted octanol–water partition coefficient (Wildman–Crippen LogP) is 1.66. The summed E-state index contributed by atoms with van der Waals surface area (Å²) in [5.41, 5.74) is 5.78. The molecule has 0 atom stereocenters. The molecule has 3 N–H and O–H groups in total. The van der Waals surface area contributed by atoms with Crippen LogP contribution in [0.4, 0.5) is 17.8 Å². The van der Waals surface area contributed by atoms with Crippen molar-refractivity contribution in [1.29, 1.82) is 0 Å². The van der Waals surface area contributed by atoms with Gasteiger partial charge in [-0.25, -0.2) is 0 Å². The predicted molar refractivity (Wildman–Crippen MR) is 76.1 cm³/mol. The van der Waals surface area contributed by atoms with Gasteiger partial charge in [-0.05, 0) is 31.6 Å². The van der Waals surface area contributed by atoms with E-state index in [1.54, 1.807) is 0 Å². The van der Waals surface area contributed by atoms with Gasteiger partial charge in [0.25, 0.3) is 0 Å². The van der Waals surface area contributed by atoms with Gasteiger partial charge in [0.15, 0.2) is 0 Å². The molecule has 0 spiro atoms. The van der Waals surface area contributed by atoms with E-state index < -0.39 is 0 Å². The van der Waals surface area contributed by atoms with Gasteiger partial charge in [-0.2, -0.15) is 15.0 Å². The van der Waals surface area contributed by atoms with Gasteiger partial charge in [0.05, 0.1) is 0 Å². The molecule has 0 unspecified atom stereocenters. The summed E-state index contributed by atoms with van der Waals surface area (Å²) in [6, 6.07) is 0. The second-order valence-corrected chi connectivity index (χ2v) is 5.52. The molecule has 2 heterocycles. The van der Waals surface area contributed by atoms with E-state index in [1.807, 2.05) is 0 Å². The molecule has 1 saturated heterocycles. The Morgan fingerprint density at radius 2 is 1.89 bits per heavy atom. The molecule has 2 aliphatic rings. The van der Waals surface area contributed by atoms with Crippen molar-refractivity contribution in [3.8, 4) is 0 Å². The number of hydrogen-bond donors (Lipinski definition) is 2. The molecule has 2 fully saturated rings. The number of rotatable bonds is 5. The third-order valence-electron chi connectivity index (χ3n) is 3.81. The van der Waals surface area contributed by atoms with Gasteiger partial charge in [-0.3, -0.25) is 0 Å². The van der Waals surface area contributed by atoms with E-state index in [4.69, 9.17) is 5.73 Å². The Bertz CT molecular complexity index is 425. The summed E-state index contributed by atoms with van der Waals surface area (Å²) in [5, 5.41) is 3.27. The highest BCUT2D eigenvalue weighted by Gasteiger charge is 2.20. The molecule has 0 amide bonds. The van der Waals surface area contributed by atoms with Crippen molar-refractivity contribution in [1.82, 2.24) is 15.0 Å². The Morgan fingerprint density at radius 1 is 1.11 bits per heavy atom. The summed E-state index contributed by atoms with van der Waals surface area (Å²) in [6.45, 7) is 2.96. The van der Waals surface area contributed by atoms with Crippen LogP contribution in [0.2, 0.25) is 0 Å². The number of aromatic nitrogens is 3. The van der Waals surface area contributed by atoms with Crippen molar-refractivity contribution >= 4 is 17.8 Å². The summed E-state index contributed by atoms with van der Waals surface area (Å²) < 4.78 is 0. The third kappa shape index (κ3) is 3.45. The fraction of sp³-hybridized carbons (Fsp3) is 0.769. The van der Waals surface area contributed by atoms with Gasteiger partial charge in [0.2, 0.25) is 17.8 Å². The van der Waals surface area contributed by atoms with Gasteiger partial charge in [-0.1, -0.05) is 12.8 Å². The number of anilines is 3. The van der Waals surface area contributed by atoms with Crippen LogP contribution in [-0.4, -0.2) is 34.6 Å². The molecule has 19 heavy (non-hydrogen) atoms. The summed E-state index contributed by atoms with van der Waals surface area (Å²) in [6.07, 6.45) is 7.65. The van der Waals surface area contributed by atoms with Crippen LogP contribution in [0.3, 0.4) is 0 Å². The Morgan fingerprint density at radius 3 is 2.63 bits per heavy atom. The van der Waals surface area contributed by atoms with Crippen LogP contribution in [-0.2, 0) is 0 Å². The standard InChI is InChI=1S/C13H22N6/c14-11-16-12(15-7-6-10-4-5-10)18-13(17-11)19-8-2-1-3-9-19/h10H,1-9H2,(H3,14,15,16,17,18). The molecule has 1 saturated carbocycles. The first-order valence-corrected chi connectivity index (χ1v) is 7.31. The minimum atomic E-state index is 0.310. The van der Waals surface area contributed by atoms with E-state index in [2.05, 4.69) is 25.2 Å². The van der Waals surface area contributed by atoms with Crippen LogP contribution in [0.1, 0.15) is 38.5 Å².